The molecule has 0 aliphatic carbocycles. The van der Waals surface area contributed by atoms with Gasteiger partial charge in [0.15, 0.2) is 24.6 Å². The van der Waals surface area contributed by atoms with E-state index in [4.69, 9.17) is 23.7 Å². The van der Waals surface area contributed by atoms with Crippen LogP contribution in [0.15, 0.2) is 24.3 Å². The summed E-state index contributed by atoms with van der Waals surface area (Å²) in [5, 5.41) is 31.6. The molecule has 0 aromatic heterocycles. The number of esters is 3. The van der Waals surface area contributed by atoms with Crippen LogP contribution in [0.5, 0.6) is 0 Å². The minimum Gasteiger partial charge on any atom is -0.479 e. The van der Waals surface area contributed by atoms with Crippen LogP contribution in [0.3, 0.4) is 0 Å². The molecule has 1 heterocycles. The number of carboxylic acid groups (broad SMARTS) is 1. The van der Waals surface area contributed by atoms with E-state index in [-0.39, 0.29) is 25.9 Å². The van der Waals surface area contributed by atoms with Gasteiger partial charge in [0.1, 0.15) is 18.8 Å². The van der Waals surface area contributed by atoms with E-state index >= 15 is 0 Å². The summed E-state index contributed by atoms with van der Waals surface area (Å²) in [5.74, 6) is -3.08. The molecular weight excluding hydrogens is 1020 g/mol. The van der Waals surface area contributed by atoms with E-state index in [1.165, 1.54) is 225 Å². The molecule has 3 N–H and O–H groups in total. The van der Waals surface area contributed by atoms with Gasteiger partial charge in [0.05, 0.1) is 6.61 Å². The quantitative estimate of drug-likeness (QED) is 0.0228. The van der Waals surface area contributed by atoms with Crippen molar-refractivity contribution in [2.75, 3.05) is 13.2 Å². The molecule has 6 unspecified atom stereocenters. The highest BCUT2D eigenvalue weighted by atomic mass is 16.7. The Kier molecular flexibility index (Phi) is 54.2. The van der Waals surface area contributed by atoms with Gasteiger partial charge in [-0.3, -0.25) is 14.4 Å². The van der Waals surface area contributed by atoms with Gasteiger partial charge in [0.2, 0.25) is 0 Å². The third-order valence-electron chi connectivity index (χ3n) is 16.0. The molecule has 1 rings (SSSR count). The fraction of sp³-hybridized carbons (Fsp3) is 0.884. The second-order valence-corrected chi connectivity index (χ2v) is 23.8. The number of carbonyl (C=O) groups excluding carboxylic acids is 3. The van der Waals surface area contributed by atoms with Crippen LogP contribution in [0.1, 0.15) is 342 Å². The summed E-state index contributed by atoms with van der Waals surface area (Å²) in [7, 11) is 0. The number of allylic oxidation sites excluding steroid dienone is 4. The predicted octanol–water partition coefficient (Wildman–Crippen LogP) is 18.6. The summed E-state index contributed by atoms with van der Waals surface area (Å²) in [5.41, 5.74) is 0. The maximum absolute atomic E-state index is 13.2. The van der Waals surface area contributed by atoms with Crippen LogP contribution in [-0.2, 0) is 42.9 Å². The number of carboxylic acids is 1. The largest absolute Gasteiger partial charge is 0.479 e. The van der Waals surface area contributed by atoms with Crippen molar-refractivity contribution in [3.05, 3.63) is 24.3 Å². The Balaban J connectivity index is 2.62. The van der Waals surface area contributed by atoms with Gasteiger partial charge in [-0.05, 0) is 70.6 Å². The van der Waals surface area contributed by atoms with Crippen molar-refractivity contribution >= 4 is 23.9 Å². The van der Waals surface area contributed by atoms with Gasteiger partial charge < -0.3 is 39.0 Å². The fourth-order valence-electron chi connectivity index (χ4n) is 10.7. The topological polar surface area (TPSA) is 175 Å². The lowest BCUT2D eigenvalue weighted by Crippen LogP contribution is -2.61. The van der Waals surface area contributed by atoms with Crippen LogP contribution in [0, 0.1) is 0 Å². The molecule has 0 aromatic rings. The highest BCUT2D eigenvalue weighted by molar-refractivity contribution is 5.74. The molecule has 1 aliphatic heterocycles. The first kappa shape index (κ1) is 76.2. The summed E-state index contributed by atoms with van der Waals surface area (Å²) >= 11 is 0. The molecule has 0 saturated carbocycles. The fourth-order valence-corrected chi connectivity index (χ4v) is 10.7. The second kappa shape index (κ2) is 57.6. The zero-order valence-corrected chi connectivity index (χ0v) is 52.6. The van der Waals surface area contributed by atoms with Crippen molar-refractivity contribution in [3.8, 4) is 0 Å². The summed E-state index contributed by atoms with van der Waals surface area (Å²) in [6.07, 6.45) is 55.6. The van der Waals surface area contributed by atoms with E-state index in [9.17, 15) is 34.5 Å². The maximum Gasteiger partial charge on any atom is 0.335 e. The van der Waals surface area contributed by atoms with E-state index in [1.807, 2.05) is 0 Å². The molecule has 0 aromatic carbocycles. The Morgan fingerprint density at radius 1 is 0.395 bits per heavy atom. The van der Waals surface area contributed by atoms with Crippen molar-refractivity contribution in [3.63, 3.8) is 0 Å². The average Bonchev–Trinajstić information content (AvgIpc) is 3.46. The van der Waals surface area contributed by atoms with Crippen LogP contribution < -0.4 is 0 Å². The molecule has 0 spiro atoms. The Hall–Kier alpha value is -2.80. The minimum atomic E-state index is -1.90. The monoisotopic (exact) mass is 1150 g/mol. The van der Waals surface area contributed by atoms with Gasteiger partial charge in [0.25, 0.3) is 0 Å². The van der Waals surface area contributed by atoms with Crippen LogP contribution >= 0.6 is 0 Å². The van der Waals surface area contributed by atoms with E-state index in [0.717, 1.165) is 57.8 Å². The molecule has 6 atom stereocenters. The van der Waals surface area contributed by atoms with Crippen molar-refractivity contribution in [2.45, 2.75) is 379 Å². The molecule has 0 amide bonds. The zero-order chi connectivity index (χ0) is 58.9. The molecule has 474 valence electrons. The van der Waals surface area contributed by atoms with Crippen molar-refractivity contribution < 1.29 is 58.2 Å². The predicted molar refractivity (Wildman–Crippen MR) is 331 cm³/mol. The van der Waals surface area contributed by atoms with E-state index in [2.05, 4.69) is 45.1 Å². The zero-order valence-electron chi connectivity index (χ0n) is 52.6. The Morgan fingerprint density at radius 3 is 1.05 bits per heavy atom. The van der Waals surface area contributed by atoms with Gasteiger partial charge in [-0.15, -0.1) is 0 Å². The Morgan fingerprint density at radius 2 is 0.704 bits per heavy atom. The van der Waals surface area contributed by atoms with Gasteiger partial charge in [-0.2, -0.15) is 0 Å². The second-order valence-electron chi connectivity index (χ2n) is 23.8. The third kappa shape index (κ3) is 47.2. The van der Waals surface area contributed by atoms with Crippen LogP contribution in [0.2, 0.25) is 0 Å². The Labute approximate surface area is 496 Å². The SMILES string of the molecule is CCCCCCCC/C=C\CCCCCCCCCCCC(=O)OCC(COC1OC(C(=O)O)C(O)C(O)C1OC(=O)CCCCCCCCCCCCCCC)OC(=O)CCCCCCCCCCC/C=C\CCCCCCCC. The summed E-state index contributed by atoms with van der Waals surface area (Å²) in [6, 6.07) is 0. The lowest BCUT2D eigenvalue weighted by Gasteiger charge is -2.40. The number of hydrogen-bond acceptors (Lipinski definition) is 11. The Bertz CT molecular complexity index is 1500. The maximum atomic E-state index is 13.2. The minimum absolute atomic E-state index is 0.0670. The van der Waals surface area contributed by atoms with E-state index < -0.39 is 67.3 Å². The van der Waals surface area contributed by atoms with Crippen molar-refractivity contribution in [2.24, 2.45) is 0 Å². The van der Waals surface area contributed by atoms with Crippen LogP contribution in [0.25, 0.3) is 0 Å². The molecule has 12 nitrogen and oxygen atoms in total. The molecule has 1 saturated heterocycles. The highest BCUT2D eigenvalue weighted by Crippen LogP contribution is 2.27. The van der Waals surface area contributed by atoms with Crippen LogP contribution in [0.4, 0.5) is 0 Å². The van der Waals surface area contributed by atoms with Gasteiger partial charge in [-0.1, -0.05) is 276 Å². The number of aliphatic hydroxyl groups is 2. The number of aliphatic hydroxyl groups excluding tert-OH is 2. The molecular formula is C69H126O12. The van der Waals surface area contributed by atoms with Crippen LogP contribution in [-0.4, -0.2) is 89.2 Å². The molecule has 12 heteroatoms. The number of carbonyl (C=O) groups is 4. The van der Waals surface area contributed by atoms with E-state index in [0.29, 0.717) is 19.3 Å². The van der Waals surface area contributed by atoms with Crippen molar-refractivity contribution in [1.82, 2.24) is 0 Å². The normalized spacial score (nSPS) is 17.8. The summed E-state index contributed by atoms with van der Waals surface area (Å²) in [4.78, 5) is 51.4. The molecule has 81 heavy (non-hydrogen) atoms. The standard InChI is InChI=1S/C69H126O12/c1-4-7-10-13-16-19-22-25-27-29-31-33-35-38-40-43-46-49-52-55-61(70)77-58-60(79-62(71)56-53-50-47-44-42-39-36-34-32-30-28-26-23-20-17-14-11-8-5-2)59-78-69-67(65(74)64(73)66(81-69)68(75)76)80-63(72)57-54-51-48-45-41-37-24-21-18-15-12-9-6-3/h25-28,60,64-67,69,73-74H,4-24,29-59H2,1-3H3,(H,75,76)/b27-25-,28-26-. The molecule has 1 fully saturated rings. The number of ether oxygens (including phenoxy) is 5. The smallest absolute Gasteiger partial charge is 0.335 e. The first-order chi connectivity index (χ1) is 39.6. The first-order valence-corrected chi connectivity index (χ1v) is 34.3. The number of rotatable bonds is 60. The number of unbranched alkanes of at least 4 members (excludes halogenated alkanes) is 42. The van der Waals surface area contributed by atoms with Crippen molar-refractivity contribution in [1.29, 1.82) is 0 Å². The molecule has 0 bridgehead atoms. The summed E-state index contributed by atoms with van der Waals surface area (Å²) in [6.45, 7) is 6.04. The average molecular weight is 1150 g/mol. The van der Waals surface area contributed by atoms with Gasteiger partial charge in [0, 0.05) is 19.3 Å². The highest BCUT2D eigenvalue weighted by Gasteiger charge is 2.50. The first-order valence-electron chi connectivity index (χ1n) is 34.3. The number of hydrogen-bond donors (Lipinski definition) is 3. The molecule has 1 aliphatic rings. The third-order valence-corrected chi connectivity index (χ3v) is 16.0. The van der Waals surface area contributed by atoms with Gasteiger partial charge in [-0.25, -0.2) is 4.79 Å². The number of aliphatic carboxylic acids is 1. The van der Waals surface area contributed by atoms with E-state index in [1.54, 1.807) is 0 Å². The lowest BCUT2D eigenvalue weighted by molar-refractivity contribution is -0.301. The lowest BCUT2D eigenvalue weighted by atomic mass is 9.98. The van der Waals surface area contributed by atoms with Gasteiger partial charge >= 0.3 is 23.9 Å². The summed E-state index contributed by atoms with van der Waals surface area (Å²) < 4.78 is 28.6. The molecule has 0 radical (unpaired) electrons.